The molecule has 4 rings (SSSR count). The Morgan fingerprint density at radius 3 is 2.37 bits per heavy atom. The van der Waals surface area contributed by atoms with Gasteiger partial charge in [-0.15, -0.1) is 0 Å². The van der Waals surface area contributed by atoms with E-state index in [0.29, 0.717) is 43.5 Å². The third-order valence-corrected chi connectivity index (χ3v) is 9.34. The molecule has 1 amide bonds. The van der Waals surface area contributed by atoms with E-state index in [2.05, 4.69) is 9.80 Å². The van der Waals surface area contributed by atoms with Crippen LogP contribution in [0.1, 0.15) is 43.2 Å². The number of hydrogen-bond acceptors (Lipinski definition) is 4. The van der Waals surface area contributed by atoms with Gasteiger partial charge < -0.3 is 4.90 Å². The van der Waals surface area contributed by atoms with Gasteiger partial charge in [-0.3, -0.25) is 9.69 Å². The van der Waals surface area contributed by atoms with Gasteiger partial charge in [0.2, 0.25) is 15.9 Å². The molecule has 2 saturated heterocycles. The molecule has 0 unspecified atom stereocenters. The number of benzene rings is 1. The lowest BCUT2D eigenvalue weighted by atomic mass is 9.75. The van der Waals surface area contributed by atoms with E-state index in [-0.39, 0.29) is 5.91 Å². The van der Waals surface area contributed by atoms with E-state index < -0.39 is 10.0 Å². The lowest BCUT2D eigenvalue weighted by molar-refractivity contribution is -0.135. The Bertz CT molecular complexity index is 878. The SMILES string of the molecule is Cc1ccc(S(=O)(=O)N2CCN(CC(=O)N3CC[C@H]4CCCC[C@@H]4C3)CC2)c(C)c1. The number of nitrogens with zero attached hydrogens (tertiary/aromatic N) is 3. The van der Waals surface area contributed by atoms with Crippen molar-refractivity contribution in [2.75, 3.05) is 45.8 Å². The zero-order valence-corrected chi connectivity index (χ0v) is 19.2. The molecule has 0 N–H and O–H groups in total. The average Bonchev–Trinajstić information content (AvgIpc) is 2.73. The fourth-order valence-corrected chi connectivity index (χ4v) is 7.10. The van der Waals surface area contributed by atoms with Crippen molar-refractivity contribution in [3.05, 3.63) is 29.3 Å². The van der Waals surface area contributed by atoms with Crippen molar-refractivity contribution in [3.63, 3.8) is 0 Å². The van der Waals surface area contributed by atoms with Crippen LogP contribution in [0.4, 0.5) is 0 Å². The molecule has 0 bridgehead atoms. The van der Waals surface area contributed by atoms with Crippen LogP contribution in [-0.4, -0.2) is 74.2 Å². The molecule has 166 valence electrons. The Hall–Kier alpha value is -1.44. The highest BCUT2D eigenvalue weighted by Gasteiger charge is 2.34. The Balaban J connectivity index is 1.30. The second kappa shape index (κ2) is 8.97. The normalized spacial score (nSPS) is 26.4. The van der Waals surface area contributed by atoms with Crippen LogP contribution >= 0.6 is 0 Å². The number of piperazine rings is 1. The van der Waals surface area contributed by atoms with Gasteiger partial charge in [0, 0.05) is 39.3 Å². The van der Waals surface area contributed by atoms with E-state index in [1.54, 1.807) is 10.4 Å². The van der Waals surface area contributed by atoms with E-state index in [9.17, 15) is 13.2 Å². The van der Waals surface area contributed by atoms with Gasteiger partial charge in [0.05, 0.1) is 11.4 Å². The number of amides is 1. The molecule has 2 heterocycles. The number of carbonyl (C=O) groups is 1. The predicted molar refractivity (Wildman–Crippen MR) is 118 cm³/mol. The fourth-order valence-electron chi connectivity index (χ4n) is 5.47. The molecular formula is C23H35N3O3S. The molecule has 2 aliphatic heterocycles. The number of aryl methyl sites for hydroxylation is 2. The molecule has 2 atom stereocenters. The molecular weight excluding hydrogens is 398 g/mol. The Morgan fingerprint density at radius 2 is 1.67 bits per heavy atom. The Morgan fingerprint density at radius 1 is 0.967 bits per heavy atom. The maximum Gasteiger partial charge on any atom is 0.243 e. The summed E-state index contributed by atoms with van der Waals surface area (Å²) >= 11 is 0. The van der Waals surface area contributed by atoms with E-state index >= 15 is 0 Å². The minimum absolute atomic E-state index is 0.213. The van der Waals surface area contributed by atoms with Crippen LogP contribution < -0.4 is 0 Å². The standard InChI is InChI=1S/C23H35N3O3S/c1-18-7-8-22(19(2)15-18)30(28,29)26-13-11-24(12-14-26)17-23(27)25-10-9-20-5-3-4-6-21(20)16-25/h7-8,15,20-21H,3-6,9-14,16-17H2,1-2H3/t20-,21-/m1/s1. The van der Waals surface area contributed by atoms with Crippen molar-refractivity contribution in [2.45, 2.75) is 50.8 Å². The van der Waals surface area contributed by atoms with E-state index in [1.807, 2.05) is 26.0 Å². The van der Waals surface area contributed by atoms with Crippen molar-refractivity contribution in [1.82, 2.24) is 14.1 Å². The van der Waals surface area contributed by atoms with Crippen LogP contribution in [-0.2, 0) is 14.8 Å². The number of rotatable bonds is 4. The molecule has 0 aromatic heterocycles. The van der Waals surface area contributed by atoms with Gasteiger partial charge in [-0.1, -0.05) is 37.0 Å². The maximum absolute atomic E-state index is 13.1. The number of piperidine rings is 1. The predicted octanol–water partition coefficient (Wildman–Crippen LogP) is 2.65. The van der Waals surface area contributed by atoms with Crippen molar-refractivity contribution in [3.8, 4) is 0 Å². The lowest BCUT2D eigenvalue weighted by Crippen LogP contribution is -2.53. The summed E-state index contributed by atoms with van der Waals surface area (Å²) in [6, 6.07) is 5.48. The minimum atomic E-state index is -3.48. The summed E-state index contributed by atoms with van der Waals surface area (Å²) in [6.07, 6.45) is 6.41. The van der Waals surface area contributed by atoms with Gasteiger partial charge in [-0.05, 0) is 50.2 Å². The van der Waals surface area contributed by atoms with E-state index in [4.69, 9.17) is 0 Å². The first-order valence-electron chi connectivity index (χ1n) is 11.4. The zero-order chi connectivity index (χ0) is 21.3. The van der Waals surface area contributed by atoms with Crippen LogP contribution in [0, 0.1) is 25.7 Å². The molecule has 1 aliphatic carbocycles. The third-order valence-electron chi connectivity index (χ3n) is 7.28. The molecule has 3 aliphatic rings. The average molecular weight is 434 g/mol. The lowest BCUT2D eigenvalue weighted by Gasteiger charge is -2.42. The van der Waals surface area contributed by atoms with Crippen LogP contribution in [0.15, 0.2) is 23.1 Å². The number of fused-ring (bicyclic) bond motifs is 1. The van der Waals surface area contributed by atoms with Crippen molar-refractivity contribution < 1.29 is 13.2 Å². The fraction of sp³-hybridized carbons (Fsp3) is 0.696. The molecule has 7 heteroatoms. The van der Waals surface area contributed by atoms with Crippen LogP contribution in [0.3, 0.4) is 0 Å². The smallest absolute Gasteiger partial charge is 0.243 e. The van der Waals surface area contributed by atoms with E-state index in [0.717, 1.165) is 36.6 Å². The summed E-state index contributed by atoms with van der Waals surface area (Å²) in [7, 11) is -3.48. The van der Waals surface area contributed by atoms with Crippen molar-refractivity contribution in [2.24, 2.45) is 11.8 Å². The number of carbonyl (C=O) groups excluding carboxylic acids is 1. The summed E-state index contributed by atoms with van der Waals surface area (Å²) < 4.78 is 27.7. The maximum atomic E-state index is 13.1. The molecule has 6 nitrogen and oxygen atoms in total. The van der Waals surface area contributed by atoms with Crippen LogP contribution in [0.2, 0.25) is 0 Å². The molecule has 30 heavy (non-hydrogen) atoms. The summed E-state index contributed by atoms with van der Waals surface area (Å²) in [6.45, 7) is 8.13. The Labute approximate surface area is 181 Å². The Kier molecular flexibility index (Phi) is 6.51. The first kappa shape index (κ1) is 21.8. The topological polar surface area (TPSA) is 60.9 Å². The van der Waals surface area contributed by atoms with Crippen LogP contribution in [0.5, 0.6) is 0 Å². The molecule has 0 radical (unpaired) electrons. The third kappa shape index (κ3) is 4.58. The molecule has 1 saturated carbocycles. The van der Waals surface area contributed by atoms with E-state index in [1.165, 1.54) is 25.7 Å². The quantitative estimate of drug-likeness (QED) is 0.732. The van der Waals surface area contributed by atoms with Gasteiger partial charge in [0.25, 0.3) is 0 Å². The zero-order valence-electron chi connectivity index (χ0n) is 18.3. The van der Waals surface area contributed by atoms with Gasteiger partial charge in [-0.25, -0.2) is 8.42 Å². The largest absolute Gasteiger partial charge is 0.341 e. The van der Waals surface area contributed by atoms with Gasteiger partial charge >= 0.3 is 0 Å². The molecule has 3 fully saturated rings. The highest BCUT2D eigenvalue weighted by molar-refractivity contribution is 7.89. The number of likely N-dealkylation sites (tertiary alicyclic amines) is 1. The molecule has 0 spiro atoms. The van der Waals surface area contributed by atoms with Crippen molar-refractivity contribution >= 4 is 15.9 Å². The van der Waals surface area contributed by atoms with Gasteiger partial charge in [0.1, 0.15) is 0 Å². The minimum Gasteiger partial charge on any atom is -0.341 e. The van der Waals surface area contributed by atoms with Crippen LogP contribution in [0.25, 0.3) is 0 Å². The highest BCUT2D eigenvalue weighted by atomic mass is 32.2. The first-order valence-corrected chi connectivity index (χ1v) is 12.9. The highest BCUT2D eigenvalue weighted by Crippen LogP contribution is 2.36. The number of hydrogen-bond donors (Lipinski definition) is 0. The summed E-state index contributed by atoms with van der Waals surface area (Å²) in [5.41, 5.74) is 1.85. The van der Waals surface area contributed by atoms with Gasteiger partial charge in [-0.2, -0.15) is 4.31 Å². The monoisotopic (exact) mass is 433 g/mol. The number of sulfonamides is 1. The second-order valence-electron chi connectivity index (χ2n) is 9.38. The summed E-state index contributed by atoms with van der Waals surface area (Å²) in [4.78, 5) is 17.4. The molecule has 1 aromatic carbocycles. The van der Waals surface area contributed by atoms with Gasteiger partial charge in [0.15, 0.2) is 0 Å². The van der Waals surface area contributed by atoms with Crippen molar-refractivity contribution in [1.29, 1.82) is 0 Å². The summed E-state index contributed by atoms with van der Waals surface area (Å²) in [5.74, 6) is 1.72. The second-order valence-corrected chi connectivity index (χ2v) is 11.3. The first-order chi connectivity index (χ1) is 14.3. The summed E-state index contributed by atoms with van der Waals surface area (Å²) in [5, 5.41) is 0. The molecule has 1 aromatic rings.